The van der Waals surface area contributed by atoms with Gasteiger partial charge in [-0.15, -0.1) is 0 Å². The predicted octanol–water partition coefficient (Wildman–Crippen LogP) is 1.26. The lowest BCUT2D eigenvalue weighted by Gasteiger charge is -2.31. The van der Waals surface area contributed by atoms with Crippen LogP contribution in [0.4, 0.5) is 0 Å². The highest BCUT2D eigenvalue weighted by Crippen LogP contribution is 2.26. The Kier molecular flexibility index (Phi) is 6.52. The molecule has 0 aliphatic heterocycles. The van der Waals surface area contributed by atoms with E-state index in [1.807, 2.05) is 13.8 Å². The van der Waals surface area contributed by atoms with Gasteiger partial charge in [0.05, 0.1) is 6.61 Å². The summed E-state index contributed by atoms with van der Waals surface area (Å²) in [5.41, 5.74) is 0. The summed E-state index contributed by atoms with van der Waals surface area (Å²) in [6.07, 6.45) is 4.05. The van der Waals surface area contributed by atoms with Gasteiger partial charge in [-0.25, -0.2) is 0 Å². The van der Waals surface area contributed by atoms with E-state index in [0.29, 0.717) is 6.61 Å². The second-order valence-corrected chi connectivity index (χ2v) is 4.88. The molecule has 1 aliphatic carbocycles. The van der Waals surface area contributed by atoms with Crippen molar-refractivity contribution in [3.63, 3.8) is 0 Å². The fourth-order valence-corrected chi connectivity index (χ4v) is 2.21. The van der Waals surface area contributed by atoms with Crippen molar-refractivity contribution in [3.8, 4) is 0 Å². The van der Waals surface area contributed by atoms with Crippen molar-refractivity contribution in [1.82, 2.24) is 10.2 Å². The van der Waals surface area contributed by atoms with Crippen molar-refractivity contribution in [2.75, 3.05) is 33.3 Å². The second kappa shape index (κ2) is 7.67. The van der Waals surface area contributed by atoms with E-state index >= 15 is 0 Å². The molecule has 0 aromatic rings. The van der Waals surface area contributed by atoms with Gasteiger partial charge < -0.3 is 15.0 Å². The maximum absolute atomic E-state index is 11.7. The normalized spacial score (nSPS) is 17.9. The number of ether oxygens (including phenoxy) is 1. The molecule has 17 heavy (non-hydrogen) atoms. The van der Waals surface area contributed by atoms with Gasteiger partial charge in [-0.05, 0) is 39.3 Å². The van der Waals surface area contributed by atoms with Crippen molar-refractivity contribution in [2.24, 2.45) is 5.92 Å². The number of rotatable bonds is 8. The number of hydrogen-bond donors (Lipinski definition) is 1. The van der Waals surface area contributed by atoms with Gasteiger partial charge in [0.25, 0.3) is 0 Å². The molecule has 1 saturated carbocycles. The van der Waals surface area contributed by atoms with Crippen LogP contribution in [-0.4, -0.2) is 50.2 Å². The molecule has 4 heteroatoms. The number of nitrogens with zero attached hydrogens (tertiary/aromatic N) is 1. The molecule has 0 saturated heterocycles. The summed E-state index contributed by atoms with van der Waals surface area (Å²) in [7, 11) is 2.09. The molecule has 1 unspecified atom stereocenters. The molecular weight excluding hydrogens is 216 g/mol. The van der Waals surface area contributed by atoms with Crippen LogP contribution < -0.4 is 5.32 Å². The van der Waals surface area contributed by atoms with Crippen LogP contribution >= 0.6 is 0 Å². The summed E-state index contributed by atoms with van der Waals surface area (Å²) in [6, 6.07) is -0.190. The van der Waals surface area contributed by atoms with Crippen LogP contribution in [0.3, 0.4) is 0 Å². The van der Waals surface area contributed by atoms with E-state index in [4.69, 9.17) is 4.74 Å². The van der Waals surface area contributed by atoms with E-state index in [2.05, 4.69) is 17.3 Å². The Morgan fingerprint density at radius 2 is 2.18 bits per heavy atom. The number of hydrogen-bond acceptors (Lipinski definition) is 4. The number of nitrogens with one attached hydrogen (secondary N) is 1. The highest BCUT2D eigenvalue weighted by molar-refractivity contribution is 5.76. The van der Waals surface area contributed by atoms with Crippen LogP contribution in [-0.2, 0) is 9.53 Å². The summed E-state index contributed by atoms with van der Waals surface area (Å²) >= 11 is 0. The first-order valence-electron chi connectivity index (χ1n) is 6.75. The molecule has 1 atom stereocenters. The molecular formula is C13H26N2O2. The Balaban J connectivity index is 2.32. The number of likely N-dealkylation sites (N-methyl/N-ethyl adjacent to an activating group) is 2. The molecule has 4 nitrogen and oxygen atoms in total. The summed E-state index contributed by atoms with van der Waals surface area (Å²) < 4.78 is 5.07. The van der Waals surface area contributed by atoms with E-state index in [1.165, 1.54) is 19.3 Å². The van der Waals surface area contributed by atoms with E-state index in [-0.39, 0.29) is 12.0 Å². The van der Waals surface area contributed by atoms with Gasteiger partial charge in [0, 0.05) is 13.1 Å². The Hall–Kier alpha value is -0.610. The highest BCUT2D eigenvalue weighted by Gasteiger charge is 2.24. The summed E-state index contributed by atoms with van der Waals surface area (Å²) in [4.78, 5) is 14.0. The molecule has 0 amide bonds. The lowest BCUT2D eigenvalue weighted by atomic mass is 9.85. The molecule has 1 N–H and O–H groups in total. The average Bonchev–Trinajstić information content (AvgIpc) is 2.23. The van der Waals surface area contributed by atoms with E-state index < -0.39 is 0 Å². The fourth-order valence-electron chi connectivity index (χ4n) is 2.21. The maximum atomic E-state index is 11.7. The second-order valence-electron chi connectivity index (χ2n) is 4.88. The monoisotopic (exact) mass is 242 g/mol. The van der Waals surface area contributed by atoms with Crippen molar-refractivity contribution in [1.29, 1.82) is 0 Å². The zero-order valence-electron chi connectivity index (χ0n) is 11.4. The molecule has 0 aromatic heterocycles. The largest absolute Gasteiger partial charge is 0.465 e. The van der Waals surface area contributed by atoms with Gasteiger partial charge in [0.15, 0.2) is 0 Å². The average molecular weight is 242 g/mol. The minimum absolute atomic E-state index is 0.130. The summed E-state index contributed by atoms with van der Waals surface area (Å²) in [5, 5.41) is 3.19. The van der Waals surface area contributed by atoms with Crippen LogP contribution in [0.15, 0.2) is 0 Å². The number of esters is 1. The van der Waals surface area contributed by atoms with E-state index in [1.54, 1.807) is 0 Å². The minimum Gasteiger partial charge on any atom is -0.465 e. The lowest BCUT2D eigenvalue weighted by molar-refractivity contribution is -0.146. The quantitative estimate of drug-likeness (QED) is 0.651. The standard InChI is InChI=1S/C13H26N2O2/c1-4-14-12(13(16)17-5-2)10-15(3)9-11-7-6-8-11/h11-12,14H,4-10H2,1-3H3. The van der Waals surface area contributed by atoms with Gasteiger partial charge in [-0.1, -0.05) is 13.3 Å². The molecule has 1 aliphatic rings. The molecule has 0 radical (unpaired) electrons. The minimum atomic E-state index is -0.190. The summed E-state index contributed by atoms with van der Waals surface area (Å²) in [6.45, 7) is 6.94. The molecule has 1 fully saturated rings. The maximum Gasteiger partial charge on any atom is 0.324 e. The third-order valence-electron chi connectivity index (χ3n) is 3.31. The zero-order valence-corrected chi connectivity index (χ0v) is 11.4. The number of carbonyl (C=O) groups excluding carboxylic acids is 1. The van der Waals surface area contributed by atoms with Crippen LogP contribution in [0.25, 0.3) is 0 Å². The predicted molar refractivity (Wildman–Crippen MR) is 68.9 cm³/mol. The van der Waals surface area contributed by atoms with Crippen molar-refractivity contribution in [2.45, 2.75) is 39.2 Å². The number of carbonyl (C=O) groups is 1. The fraction of sp³-hybridized carbons (Fsp3) is 0.923. The lowest BCUT2D eigenvalue weighted by Crippen LogP contribution is -2.47. The first-order valence-corrected chi connectivity index (χ1v) is 6.75. The Morgan fingerprint density at radius 3 is 2.65 bits per heavy atom. The first kappa shape index (κ1) is 14.5. The van der Waals surface area contributed by atoms with Crippen molar-refractivity contribution < 1.29 is 9.53 Å². The Morgan fingerprint density at radius 1 is 1.47 bits per heavy atom. The van der Waals surface area contributed by atoms with Crippen LogP contribution in [0, 0.1) is 5.92 Å². The molecule has 1 rings (SSSR count). The van der Waals surface area contributed by atoms with Crippen LogP contribution in [0.2, 0.25) is 0 Å². The zero-order chi connectivity index (χ0) is 12.7. The third-order valence-corrected chi connectivity index (χ3v) is 3.31. The van der Waals surface area contributed by atoms with Gasteiger partial charge in [-0.3, -0.25) is 4.79 Å². The topological polar surface area (TPSA) is 41.6 Å². The smallest absolute Gasteiger partial charge is 0.324 e. The van der Waals surface area contributed by atoms with Gasteiger partial charge in [0.1, 0.15) is 6.04 Å². The van der Waals surface area contributed by atoms with Gasteiger partial charge in [-0.2, -0.15) is 0 Å². The van der Waals surface area contributed by atoms with Crippen molar-refractivity contribution >= 4 is 5.97 Å². The third kappa shape index (κ3) is 5.04. The van der Waals surface area contributed by atoms with E-state index in [9.17, 15) is 4.79 Å². The summed E-state index contributed by atoms with van der Waals surface area (Å²) in [5.74, 6) is 0.708. The van der Waals surface area contributed by atoms with Crippen LogP contribution in [0.1, 0.15) is 33.1 Å². The molecule has 0 heterocycles. The molecule has 0 bridgehead atoms. The SMILES string of the molecule is CCNC(CN(C)CC1CCC1)C(=O)OCC. The van der Waals surface area contributed by atoms with E-state index in [0.717, 1.165) is 25.6 Å². The van der Waals surface area contributed by atoms with Crippen molar-refractivity contribution in [3.05, 3.63) is 0 Å². The van der Waals surface area contributed by atoms with Gasteiger partial charge in [0.2, 0.25) is 0 Å². The highest BCUT2D eigenvalue weighted by atomic mass is 16.5. The molecule has 0 spiro atoms. The van der Waals surface area contributed by atoms with Crippen LogP contribution in [0.5, 0.6) is 0 Å². The molecule has 0 aromatic carbocycles. The molecule has 100 valence electrons. The Labute approximate surface area is 105 Å². The Bertz CT molecular complexity index is 229. The van der Waals surface area contributed by atoms with Gasteiger partial charge >= 0.3 is 5.97 Å². The first-order chi connectivity index (χ1) is 8.17.